The second-order valence-electron chi connectivity index (χ2n) is 7.39. The molecule has 0 spiro atoms. The fraction of sp³-hybridized carbons (Fsp3) is 0.0769. The minimum Gasteiger partial charge on any atom is -0.493 e. The first-order valence-electron chi connectivity index (χ1n) is 10.6. The van der Waals surface area contributed by atoms with Crippen LogP contribution in [0.2, 0.25) is 10.0 Å². The molecule has 4 rings (SSSR count). The average Bonchev–Trinajstić information content (AvgIpc) is 2.89. The minimum absolute atomic E-state index is 0.0749. The lowest BCUT2D eigenvalue weighted by Crippen LogP contribution is -2.16. The van der Waals surface area contributed by atoms with Gasteiger partial charge in [-0.1, -0.05) is 59.6 Å². The molecule has 2 N–H and O–H groups in total. The lowest BCUT2D eigenvalue weighted by atomic mass is 10.1. The molecule has 0 amide bonds. The molecule has 0 radical (unpaired) electrons. The molecular formula is C26H19Cl2N5O3. The molecule has 36 heavy (non-hydrogen) atoms. The van der Waals surface area contributed by atoms with Crippen molar-refractivity contribution < 1.29 is 9.47 Å². The van der Waals surface area contributed by atoms with E-state index in [0.29, 0.717) is 38.2 Å². The molecule has 0 saturated carbocycles. The molecule has 0 saturated heterocycles. The van der Waals surface area contributed by atoms with Gasteiger partial charge in [-0.05, 0) is 35.9 Å². The van der Waals surface area contributed by atoms with E-state index in [4.69, 9.17) is 32.7 Å². The molecule has 0 bridgehead atoms. The van der Waals surface area contributed by atoms with Gasteiger partial charge >= 0.3 is 0 Å². The molecule has 0 aliphatic rings. The van der Waals surface area contributed by atoms with Gasteiger partial charge in [-0.2, -0.15) is 10.4 Å². The number of hydrogen-bond acceptors (Lipinski definition) is 7. The maximum absolute atomic E-state index is 12.4. The van der Waals surface area contributed by atoms with Crippen molar-refractivity contribution >= 4 is 35.4 Å². The van der Waals surface area contributed by atoms with Crippen molar-refractivity contribution in [2.24, 2.45) is 5.10 Å². The van der Waals surface area contributed by atoms with Crippen LogP contribution in [0.25, 0.3) is 11.3 Å². The van der Waals surface area contributed by atoms with Gasteiger partial charge in [-0.25, -0.2) is 10.4 Å². The predicted octanol–water partition coefficient (Wildman–Crippen LogP) is 5.65. The Balaban J connectivity index is 1.50. The zero-order valence-electron chi connectivity index (χ0n) is 19.0. The Hall–Kier alpha value is -4.32. The van der Waals surface area contributed by atoms with E-state index in [9.17, 15) is 10.1 Å². The number of benzene rings is 3. The molecule has 10 heteroatoms. The summed E-state index contributed by atoms with van der Waals surface area (Å²) >= 11 is 12.4. The van der Waals surface area contributed by atoms with Crippen molar-refractivity contribution in [3.8, 4) is 28.8 Å². The number of nitrogens with one attached hydrogen (secondary N) is 2. The van der Waals surface area contributed by atoms with Crippen LogP contribution in [-0.4, -0.2) is 23.3 Å². The van der Waals surface area contributed by atoms with E-state index in [0.717, 1.165) is 0 Å². The normalized spacial score (nSPS) is 10.7. The zero-order valence-corrected chi connectivity index (χ0v) is 20.5. The standard InChI is InChI=1S/C26H19Cl2N5O3/c1-35-23-12-16(10-11-22(23)36-15-19-20(27)8-5-9-21(19)28)14-30-33-26-31-24(17-6-3-2-4-7-17)18(13-29)25(34)32-26/h2-12,14H,15H2,1H3,(H2,31,32,33,34). The number of hydrazone groups is 1. The fourth-order valence-corrected chi connectivity index (χ4v) is 3.81. The Morgan fingerprint density at radius 3 is 2.53 bits per heavy atom. The lowest BCUT2D eigenvalue weighted by molar-refractivity contribution is 0.284. The van der Waals surface area contributed by atoms with Gasteiger partial charge in [0.2, 0.25) is 5.95 Å². The van der Waals surface area contributed by atoms with Crippen LogP contribution in [0.1, 0.15) is 16.7 Å². The molecule has 8 nitrogen and oxygen atoms in total. The van der Waals surface area contributed by atoms with Crippen molar-refractivity contribution in [2.75, 3.05) is 12.5 Å². The fourth-order valence-electron chi connectivity index (χ4n) is 3.31. The van der Waals surface area contributed by atoms with Gasteiger partial charge in [0.15, 0.2) is 11.5 Å². The second kappa shape index (κ2) is 11.4. The number of rotatable bonds is 8. The summed E-state index contributed by atoms with van der Waals surface area (Å²) in [6.07, 6.45) is 1.53. The summed E-state index contributed by atoms with van der Waals surface area (Å²) in [6.45, 7) is 0.172. The van der Waals surface area contributed by atoms with Crippen molar-refractivity contribution in [2.45, 2.75) is 6.61 Å². The van der Waals surface area contributed by atoms with Crippen molar-refractivity contribution in [1.82, 2.24) is 9.97 Å². The molecule has 4 aromatic rings. The zero-order chi connectivity index (χ0) is 25.5. The molecule has 0 unspecified atom stereocenters. The number of ether oxygens (including phenoxy) is 2. The second-order valence-corrected chi connectivity index (χ2v) is 8.20. The maximum Gasteiger partial charge on any atom is 0.270 e. The van der Waals surface area contributed by atoms with Gasteiger partial charge in [0.25, 0.3) is 5.56 Å². The number of H-pyrrole nitrogens is 1. The summed E-state index contributed by atoms with van der Waals surface area (Å²) in [7, 11) is 1.53. The van der Waals surface area contributed by atoms with Crippen LogP contribution >= 0.6 is 23.2 Å². The van der Waals surface area contributed by atoms with E-state index in [1.54, 1.807) is 60.7 Å². The third-order valence-electron chi connectivity index (χ3n) is 5.08. The molecule has 1 aromatic heterocycles. The molecule has 3 aromatic carbocycles. The summed E-state index contributed by atoms with van der Waals surface area (Å²) in [6, 6.07) is 21.4. The Morgan fingerprint density at radius 1 is 1.08 bits per heavy atom. The van der Waals surface area contributed by atoms with E-state index in [1.807, 2.05) is 12.1 Å². The van der Waals surface area contributed by atoms with Crippen LogP contribution in [-0.2, 0) is 6.61 Å². The number of anilines is 1. The molecule has 180 valence electrons. The SMILES string of the molecule is COc1cc(C=NNc2nc(-c3ccccc3)c(C#N)c(=O)[nH]2)ccc1OCc1c(Cl)cccc1Cl. The number of nitriles is 1. The summed E-state index contributed by atoms with van der Waals surface area (Å²) in [5.41, 5.74) is 4.34. The topological polar surface area (TPSA) is 112 Å². The number of halogens is 2. The van der Waals surface area contributed by atoms with Crippen LogP contribution in [0.5, 0.6) is 11.5 Å². The van der Waals surface area contributed by atoms with Crippen molar-refractivity contribution in [3.05, 3.63) is 104 Å². The lowest BCUT2D eigenvalue weighted by Gasteiger charge is -2.13. The first kappa shape index (κ1) is 24.8. The van der Waals surface area contributed by atoms with E-state index in [2.05, 4.69) is 20.5 Å². The summed E-state index contributed by atoms with van der Waals surface area (Å²) < 4.78 is 11.3. The maximum atomic E-state index is 12.4. The van der Waals surface area contributed by atoms with Crippen molar-refractivity contribution in [1.29, 1.82) is 5.26 Å². The Morgan fingerprint density at radius 2 is 1.83 bits per heavy atom. The average molecular weight is 520 g/mol. The van der Waals surface area contributed by atoms with Gasteiger partial charge in [-0.15, -0.1) is 0 Å². The third-order valence-corrected chi connectivity index (χ3v) is 5.79. The van der Waals surface area contributed by atoms with Gasteiger partial charge in [0.1, 0.15) is 18.2 Å². The Labute approximate surface area is 216 Å². The van der Waals surface area contributed by atoms with Gasteiger partial charge < -0.3 is 9.47 Å². The van der Waals surface area contributed by atoms with Gasteiger partial charge in [0.05, 0.1) is 19.0 Å². The molecular weight excluding hydrogens is 501 g/mol. The first-order valence-corrected chi connectivity index (χ1v) is 11.4. The number of methoxy groups -OCH3 is 1. The minimum atomic E-state index is -0.564. The quantitative estimate of drug-likeness (QED) is 0.229. The number of aromatic nitrogens is 2. The highest BCUT2D eigenvalue weighted by molar-refractivity contribution is 6.35. The van der Waals surface area contributed by atoms with Crippen LogP contribution in [0, 0.1) is 11.3 Å². The Bertz CT molecular complexity index is 1490. The van der Waals surface area contributed by atoms with E-state index >= 15 is 0 Å². The first-order chi connectivity index (χ1) is 17.5. The van der Waals surface area contributed by atoms with Crippen LogP contribution < -0.4 is 20.5 Å². The number of nitrogens with zero attached hydrogens (tertiary/aromatic N) is 3. The predicted molar refractivity (Wildman–Crippen MR) is 140 cm³/mol. The van der Waals surface area contributed by atoms with E-state index in [-0.39, 0.29) is 23.8 Å². The monoisotopic (exact) mass is 519 g/mol. The number of hydrogen-bond donors (Lipinski definition) is 2. The van der Waals surface area contributed by atoms with Crippen molar-refractivity contribution in [3.63, 3.8) is 0 Å². The van der Waals surface area contributed by atoms with Gasteiger partial charge in [-0.3, -0.25) is 9.78 Å². The molecule has 0 aliphatic carbocycles. The highest BCUT2D eigenvalue weighted by Crippen LogP contribution is 2.31. The Kier molecular flexibility index (Phi) is 7.85. The molecule has 1 heterocycles. The summed E-state index contributed by atoms with van der Waals surface area (Å²) in [5, 5.41) is 14.6. The summed E-state index contributed by atoms with van der Waals surface area (Å²) in [5.74, 6) is 1.08. The molecule has 0 fully saturated rings. The van der Waals surface area contributed by atoms with E-state index < -0.39 is 5.56 Å². The highest BCUT2D eigenvalue weighted by atomic mass is 35.5. The van der Waals surface area contributed by atoms with Crippen LogP contribution in [0.4, 0.5) is 5.95 Å². The van der Waals surface area contributed by atoms with Gasteiger partial charge in [0, 0.05) is 21.2 Å². The van der Waals surface area contributed by atoms with Crippen LogP contribution in [0.15, 0.2) is 76.6 Å². The third kappa shape index (κ3) is 5.66. The van der Waals surface area contributed by atoms with Crippen LogP contribution in [0.3, 0.4) is 0 Å². The highest BCUT2D eigenvalue weighted by Gasteiger charge is 2.13. The number of aromatic amines is 1. The smallest absolute Gasteiger partial charge is 0.270 e. The largest absolute Gasteiger partial charge is 0.493 e. The summed E-state index contributed by atoms with van der Waals surface area (Å²) in [4.78, 5) is 19.2. The molecule has 0 aliphatic heterocycles. The molecule has 0 atom stereocenters. The van der Waals surface area contributed by atoms with E-state index in [1.165, 1.54) is 13.3 Å².